The predicted octanol–water partition coefficient (Wildman–Crippen LogP) is 2.20. The number of aliphatic hydroxyl groups is 1. The Kier molecular flexibility index (Phi) is 8.70. The van der Waals surface area contributed by atoms with E-state index >= 15 is 0 Å². The van der Waals surface area contributed by atoms with Gasteiger partial charge >= 0.3 is 0 Å². The molecule has 1 saturated carbocycles. The summed E-state index contributed by atoms with van der Waals surface area (Å²) in [6.07, 6.45) is 6.03. The largest absolute Gasteiger partial charge is 0.412 e. The molecular formula is C20H29NO3. The van der Waals surface area contributed by atoms with Gasteiger partial charge in [-0.15, -0.1) is 5.92 Å². The minimum atomic E-state index is -1.35. The van der Waals surface area contributed by atoms with E-state index in [-0.39, 0.29) is 17.2 Å². The highest BCUT2D eigenvalue weighted by Gasteiger charge is 2.44. The summed E-state index contributed by atoms with van der Waals surface area (Å²) in [4.78, 5) is 12.9. The number of carbonyl (C=O) groups is 1. The quantitative estimate of drug-likeness (QED) is 0.784. The molecule has 1 aliphatic carbocycles. The van der Waals surface area contributed by atoms with E-state index in [1.54, 1.807) is 0 Å². The Morgan fingerprint density at radius 1 is 1.21 bits per heavy atom. The number of rotatable bonds is 6. The lowest BCUT2D eigenvalue weighted by molar-refractivity contribution is -0.146. The molecule has 0 heterocycles. The predicted molar refractivity (Wildman–Crippen MR) is 96.5 cm³/mol. The fourth-order valence-corrected chi connectivity index (χ4v) is 3.44. The Morgan fingerprint density at radius 2 is 1.88 bits per heavy atom. The van der Waals surface area contributed by atoms with Crippen LogP contribution in [0.2, 0.25) is 0 Å². The van der Waals surface area contributed by atoms with E-state index in [4.69, 9.17) is 0 Å². The first-order valence-electron chi connectivity index (χ1n) is 8.61. The molecule has 0 radical (unpaired) electrons. The molecule has 0 bridgehead atoms. The lowest BCUT2D eigenvalue weighted by Crippen LogP contribution is -2.44. The molecule has 1 aromatic rings. The van der Waals surface area contributed by atoms with Crippen molar-refractivity contribution in [1.82, 2.24) is 5.32 Å². The summed E-state index contributed by atoms with van der Waals surface area (Å²) in [5.41, 5.74) is -0.619. The zero-order valence-electron chi connectivity index (χ0n) is 14.5. The van der Waals surface area contributed by atoms with E-state index < -0.39 is 5.60 Å². The number of benzene rings is 1. The second-order valence-corrected chi connectivity index (χ2v) is 6.27. The maximum Gasteiger partial charge on any atom is 0.170 e. The molecule has 0 aliphatic heterocycles. The summed E-state index contributed by atoms with van der Waals surface area (Å²) in [6.45, 7) is 0.625. The van der Waals surface area contributed by atoms with Gasteiger partial charge in [0.15, 0.2) is 11.4 Å². The molecule has 0 aromatic heterocycles. The third kappa shape index (κ3) is 4.91. The van der Waals surface area contributed by atoms with Crippen LogP contribution in [0.5, 0.6) is 0 Å². The lowest BCUT2D eigenvalue weighted by Gasteiger charge is -2.37. The van der Waals surface area contributed by atoms with E-state index in [1.165, 1.54) is 6.42 Å². The molecule has 4 heteroatoms. The Hall–Kier alpha value is -1.67. The van der Waals surface area contributed by atoms with Crippen LogP contribution in [0.4, 0.5) is 0 Å². The van der Waals surface area contributed by atoms with Gasteiger partial charge in [0, 0.05) is 12.8 Å². The van der Waals surface area contributed by atoms with Crippen LogP contribution in [0.1, 0.15) is 50.5 Å². The third-order valence-corrected chi connectivity index (χ3v) is 4.70. The van der Waals surface area contributed by atoms with Crippen molar-refractivity contribution < 1.29 is 15.4 Å². The first kappa shape index (κ1) is 20.4. The summed E-state index contributed by atoms with van der Waals surface area (Å²) in [5, 5.41) is 14.3. The van der Waals surface area contributed by atoms with Gasteiger partial charge in [0.2, 0.25) is 0 Å². The Morgan fingerprint density at radius 3 is 2.50 bits per heavy atom. The van der Waals surface area contributed by atoms with Crippen molar-refractivity contribution in [3.8, 4) is 11.8 Å². The molecule has 1 aliphatic rings. The van der Waals surface area contributed by atoms with Crippen molar-refractivity contribution >= 4 is 5.78 Å². The van der Waals surface area contributed by atoms with Gasteiger partial charge in [-0.1, -0.05) is 55.5 Å². The van der Waals surface area contributed by atoms with Crippen LogP contribution in [-0.4, -0.2) is 30.0 Å². The highest BCUT2D eigenvalue weighted by molar-refractivity contribution is 5.88. The van der Waals surface area contributed by atoms with Crippen LogP contribution in [0.15, 0.2) is 30.3 Å². The molecule has 1 fully saturated rings. The second kappa shape index (κ2) is 10.2. The molecule has 1 atom stereocenters. The van der Waals surface area contributed by atoms with Crippen molar-refractivity contribution in [2.45, 2.75) is 50.5 Å². The summed E-state index contributed by atoms with van der Waals surface area (Å²) < 4.78 is 0. The molecule has 132 valence electrons. The summed E-state index contributed by atoms with van der Waals surface area (Å²) in [7, 11) is 1.84. The molecule has 24 heavy (non-hydrogen) atoms. The van der Waals surface area contributed by atoms with Gasteiger partial charge in [-0.25, -0.2) is 0 Å². The van der Waals surface area contributed by atoms with Gasteiger partial charge in [0.05, 0.1) is 6.54 Å². The maximum absolute atomic E-state index is 12.9. The smallest absolute Gasteiger partial charge is 0.170 e. The molecule has 0 spiro atoms. The zero-order valence-corrected chi connectivity index (χ0v) is 14.5. The second-order valence-electron chi connectivity index (χ2n) is 6.27. The summed E-state index contributed by atoms with van der Waals surface area (Å²) in [5.74, 6) is 5.90. The van der Waals surface area contributed by atoms with E-state index in [9.17, 15) is 9.90 Å². The molecule has 0 saturated heterocycles. The number of carbonyl (C=O) groups excluding carboxylic acids is 1. The van der Waals surface area contributed by atoms with Gasteiger partial charge in [0.25, 0.3) is 0 Å². The van der Waals surface area contributed by atoms with Gasteiger partial charge in [-0.2, -0.15) is 0 Å². The average molecular weight is 331 g/mol. The minimum absolute atomic E-state index is 0. The van der Waals surface area contributed by atoms with Crippen LogP contribution in [0.25, 0.3) is 0 Å². The molecule has 1 unspecified atom stereocenters. The molecule has 2 rings (SSSR count). The first-order chi connectivity index (χ1) is 11.2. The Balaban J connectivity index is 0.00000288. The van der Waals surface area contributed by atoms with Gasteiger partial charge in [-0.05, 0) is 31.4 Å². The number of nitrogens with one attached hydrogen (secondary N) is 1. The summed E-state index contributed by atoms with van der Waals surface area (Å²) in [6, 6.07) is 9.45. The molecule has 4 N–H and O–H groups in total. The van der Waals surface area contributed by atoms with Gasteiger partial charge in [0.1, 0.15) is 0 Å². The minimum Gasteiger partial charge on any atom is -0.412 e. The highest BCUT2D eigenvalue weighted by Crippen LogP contribution is 2.40. The summed E-state index contributed by atoms with van der Waals surface area (Å²) >= 11 is 0. The van der Waals surface area contributed by atoms with Gasteiger partial charge in [-0.3, -0.25) is 4.79 Å². The fraction of sp³-hybridized carbons (Fsp3) is 0.550. The normalized spacial score (nSPS) is 17.1. The number of hydrogen-bond donors (Lipinski definition) is 2. The van der Waals surface area contributed by atoms with Crippen LogP contribution in [0.3, 0.4) is 0 Å². The van der Waals surface area contributed by atoms with E-state index in [0.29, 0.717) is 19.4 Å². The van der Waals surface area contributed by atoms with Crippen molar-refractivity contribution in [2.75, 3.05) is 13.6 Å². The van der Waals surface area contributed by atoms with Gasteiger partial charge < -0.3 is 15.9 Å². The van der Waals surface area contributed by atoms with Crippen molar-refractivity contribution in [3.05, 3.63) is 35.9 Å². The standard InChI is InChI=1S/C20H27NO2.H2O/c1-21-16-10-4-9-15-19(22)20(23,17-11-5-2-6-12-17)18-13-7-3-8-14-18;/h2,5-6,11-12,18,21,23H,3,7-9,13-16H2,1H3;1H2. The number of hydrogen-bond acceptors (Lipinski definition) is 3. The third-order valence-electron chi connectivity index (χ3n) is 4.70. The Bertz CT molecular complexity index is 555. The van der Waals surface area contributed by atoms with Crippen LogP contribution in [-0.2, 0) is 10.4 Å². The van der Waals surface area contributed by atoms with Crippen molar-refractivity contribution in [2.24, 2.45) is 5.92 Å². The number of ketones is 1. The zero-order chi connectivity index (χ0) is 16.5. The van der Waals surface area contributed by atoms with Crippen molar-refractivity contribution in [1.29, 1.82) is 0 Å². The topological polar surface area (TPSA) is 80.8 Å². The van der Waals surface area contributed by atoms with Crippen molar-refractivity contribution in [3.63, 3.8) is 0 Å². The van der Waals surface area contributed by atoms with E-state index in [1.807, 2.05) is 37.4 Å². The number of Topliss-reactive ketones (excluding diaryl/α,β-unsaturated/α-hetero) is 1. The average Bonchev–Trinajstić information content (AvgIpc) is 2.62. The van der Waals surface area contributed by atoms with E-state index in [0.717, 1.165) is 31.2 Å². The molecule has 4 nitrogen and oxygen atoms in total. The lowest BCUT2D eigenvalue weighted by atomic mass is 9.70. The van der Waals surface area contributed by atoms with Crippen LogP contribution < -0.4 is 5.32 Å². The maximum atomic E-state index is 12.9. The first-order valence-corrected chi connectivity index (χ1v) is 8.61. The molecule has 0 amide bonds. The monoisotopic (exact) mass is 331 g/mol. The van der Waals surface area contributed by atoms with E-state index in [2.05, 4.69) is 17.2 Å². The molecular weight excluding hydrogens is 302 g/mol. The van der Waals surface area contributed by atoms with Crippen LogP contribution in [0, 0.1) is 17.8 Å². The highest BCUT2D eigenvalue weighted by atomic mass is 16.3. The van der Waals surface area contributed by atoms with Crippen LogP contribution >= 0.6 is 0 Å². The molecule has 1 aromatic carbocycles. The SMILES string of the molecule is CNCC#CCCC(=O)C(O)(c1ccccc1)C1CCCCC1.O. The fourth-order valence-electron chi connectivity index (χ4n) is 3.44. The Labute approximate surface area is 145 Å².